The molecule has 9 amide bonds. The molecule has 0 rings (SSSR count). The predicted molar refractivity (Wildman–Crippen MR) is 327 cm³/mol. The number of carboxylic acid groups (broad SMARTS) is 1. The number of unbranched alkanes of at least 4 members (excludes halogenated alkanes) is 6. The number of nitrogens with one attached hydrogen (secondary N) is 8. The molecule has 0 aromatic carbocycles. The highest BCUT2D eigenvalue weighted by atomic mass is 16.4. The van der Waals surface area contributed by atoms with Crippen LogP contribution in [-0.2, 0) is 47.9 Å². The third kappa shape index (κ3) is 36.7. The van der Waals surface area contributed by atoms with Gasteiger partial charge in [-0.15, -0.1) is 0 Å². The van der Waals surface area contributed by atoms with Crippen molar-refractivity contribution >= 4 is 71.1 Å². The van der Waals surface area contributed by atoms with E-state index in [1.165, 1.54) is 0 Å². The van der Waals surface area contributed by atoms with E-state index in [1.54, 1.807) is 0 Å². The van der Waals surface area contributed by atoms with E-state index in [-0.39, 0.29) is 115 Å². The number of rotatable bonds is 52. The van der Waals surface area contributed by atoms with Gasteiger partial charge in [-0.1, -0.05) is 6.42 Å². The van der Waals surface area contributed by atoms with Gasteiger partial charge in [0.25, 0.3) is 0 Å². The molecule has 0 bridgehead atoms. The van der Waals surface area contributed by atoms with E-state index in [0.29, 0.717) is 96.7 Å². The second-order valence-corrected chi connectivity index (χ2v) is 21.0. The number of amides is 9. The second kappa shape index (κ2) is 48.1. The zero-order chi connectivity index (χ0) is 64.8. The number of hydrogen-bond donors (Lipinski definition) is 21. The van der Waals surface area contributed by atoms with Crippen molar-refractivity contribution in [2.45, 2.75) is 208 Å². The lowest BCUT2D eigenvalue weighted by Gasteiger charge is -2.28. The molecule has 33 N–H and O–H groups in total. The van der Waals surface area contributed by atoms with Crippen LogP contribution in [0.4, 0.5) is 0 Å². The molecule has 0 heterocycles. The number of nitrogens with two attached hydrogens (primary N) is 12. The summed E-state index contributed by atoms with van der Waals surface area (Å²) < 4.78 is 0. The topological polar surface area (TPSA) is 624 Å². The van der Waals surface area contributed by atoms with Gasteiger partial charge in [0.1, 0.15) is 48.3 Å². The van der Waals surface area contributed by atoms with Gasteiger partial charge in [0.2, 0.25) is 53.2 Å². The zero-order valence-electron chi connectivity index (χ0n) is 50.2. The molecule has 0 aromatic heterocycles. The van der Waals surface area contributed by atoms with E-state index in [1.807, 2.05) is 0 Å². The molecule has 494 valence electrons. The molecule has 9 atom stereocenters. The Balaban J connectivity index is 7.13. The molecule has 0 unspecified atom stereocenters. The van der Waals surface area contributed by atoms with Crippen molar-refractivity contribution in [1.82, 2.24) is 42.5 Å². The summed E-state index contributed by atoms with van der Waals surface area (Å²) in [5, 5.41) is 31.0. The number of hydrogen-bond acceptors (Lipinski definition) is 19. The predicted octanol–water partition coefficient (Wildman–Crippen LogP) is -6.58. The fourth-order valence-corrected chi connectivity index (χ4v) is 8.72. The van der Waals surface area contributed by atoms with E-state index in [4.69, 9.17) is 68.8 Å². The van der Waals surface area contributed by atoms with Crippen LogP contribution in [0.5, 0.6) is 0 Å². The van der Waals surface area contributed by atoms with E-state index < -0.39 is 120 Å². The third-order valence-electron chi connectivity index (χ3n) is 13.7. The molecule has 33 heteroatoms. The number of carbonyl (C=O) groups is 10. The van der Waals surface area contributed by atoms with Gasteiger partial charge in [0, 0.05) is 19.5 Å². The van der Waals surface area contributed by atoms with Crippen LogP contribution in [0.2, 0.25) is 0 Å². The van der Waals surface area contributed by atoms with Crippen LogP contribution < -0.4 is 111 Å². The van der Waals surface area contributed by atoms with Gasteiger partial charge in [-0.3, -0.25) is 53.1 Å². The van der Waals surface area contributed by atoms with Gasteiger partial charge in [0.15, 0.2) is 11.9 Å². The maximum atomic E-state index is 14.4. The van der Waals surface area contributed by atoms with Crippen molar-refractivity contribution in [3.63, 3.8) is 0 Å². The first-order valence-electron chi connectivity index (χ1n) is 30.0. The fourth-order valence-electron chi connectivity index (χ4n) is 8.72. The number of guanidine groups is 2. The average Bonchev–Trinajstić information content (AvgIpc) is 3.19. The van der Waals surface area contributed by atoms with Crippen molar-refractivity contribution in [3.8, 4) is 0 Å². The Morgan fingerprint density at radius 1 is 0.302 bits per heavy atom. The van der Waals surface area contributed by atoms with Crippen LogP contribution in [0.15, 0.2) is 9.98 Å². The molecule has 0 saturated heterocycles. The first-order valence-corrected chi connectivity index (χ1v) is 30.0. The molecule has 0 saturated carbocycles. The summed E-state index contributed by atoms with van der Waals surface area (Å²) in [6.07, 6.45) is 5.04. The van der Waals surface area contributed by atoms with Crippen molar-refractivity contribution in [1.29, 1.82) is 0 Å². The summed E-state index contributed by atoms with van der Waals surface area (Å²) in [7, 11) is 0. The van der Waals surface area contributed by atoms with E-state index >= 15 is 0 Å². The van der Waals surface area contributed by atoms with Crippen LogP contribution in [0.1, 0.15) is 154 Å². The third-order valence-corrected chi connectivity index (χ3v) is 13.7. The average molecular weight is 1230 g/mol. The Labute approximate surface area is 504 Å². The lowest BCUT2D eigenvalue weighted by molar-refractivity contribution is -0.142. The quantitative estimate of drug-likeness (QED) is 0.0153. The molecular weight excluding hydrogens is 1120 g/mol. The Morgan fingerprint density at radius 3 is 0.767 bits per heavy atom. The number of aliphatic carboxylic acids is 1. The first-order chi connectivity index (χ1) is 41.0. The second-order valence-electron chi connectivity index (χ2n) is 21.0. The maximum Gasteiger partial charge on any atom is 0.326 e. The standard InChI is InChI=1S/C53H106N22O11/c54-25-7-1-15-33(60)43(77)68-34(16-2-8-26-55)44(78)72-38(21-13-31-66-52(62)63)48(82)70-37(19-5-11-29-58)47(81)74-40(23-24-42(61)76)50(84)71-36(18-4-10-28-57)45(79)69-35(17-3-9-27-56)46(80)73-39(22-14-32-67-53(64)65)49(83)75-41(51(85)86)20-6-12-30-59/h33-41H,1-32,54-60H2,(H2,61,76)(H,68,77)(H,69,79)(H,70,82)(H,71,84)(H,72,78)(H,73,80)(H,74,81)(H,75,83)(H,85,86)(H4,62,63,66)(H4,64,65,67)/t33-,34-,35-,36-,37-,38-,39-,40-,41-/m0/s1. The molecule has 0 aromatic rings. The van der Waals surface area contributed by atoms with Gasteiger partial charge < -0.3 is 116 Å². The molecule has 0 fully saturated rings. The van der Waals surface area contributed by atoms with Gasteiger partial charge in [-0.05, 0) is 181 Å². The van der Waals surface area contributed by atoms with Crippen molar-refractivity contribution < 1.29 is 53.1 Å². The van der Waals surface area contributed by atoms with Crippen LogP contribution in [0.3, 0.4) is 0 Å². The van der Waals surface area contributed by atoms with Crippen molar-refractivity contribution in [2.24, 2.45) is 78.8 Å². The largest absolute Gasteiger partial charge is 0.480 e. The minimum Gasteiger partial charge on any atom is -0.480 e. The van der Waals surface area contributed by atoms with Gasteiger partial charge in [-0.2, -0.15) is 0 Å². The van der Waals surface area contributed by atoms with Crippen molar-refractivity contribution in [3.05, 3.63) is 0 Å². The summed E-state index contributed by atoms with van der Waals surface area (Å²) in [6.45, 7) is 1.78. The Bertz CT molecular complexity index is 2100. The number of nitrogens with zero attached hydrogens (tertiary/aromatic N) is 2. The van der Waals surface area contributed by atoms with E-state index in [0.717, 1.165) is 0 Å². The van der Waals surface area contributed by atoms with Crippen LogP contribution >= 0.6 is 0 Å². The molecule has 0 aliphatic rings. The summed E-state index contributed by atoms with van der Waals surface area (Å²) in [5.74, 6) is -9.08. The van der Waals surface area contributed by atoms with Crippen LogP contribution in [-0.4, -0.2) is 183 Å². The minimum atomic E-state index is -1.56. The molecule has 0 radical (unpaired) electrons. The zero-order valence-corrected chi connectivity index (χ0v) is 50.2. The highest BCUT2D eigenvalue weighted by molar-refractivity contribution is 5.98. The summed E-state index contributed by atoms with van der Waals surface area (Å²) >= 11 is 0. The molecular formula is C53H106N22O11. The Hall–Kier alpha value is -7.04. The number of primary amides is 1. The van der Waals surface area contributed by atoms with Gasteiger partial charge in [0.05, 0.1) is 6.04 Å². The van der Waals surface area contributed by atoms with Gasteiger partial charge >= 0.3 is 5.97 Å². The number of carbonyl (C=O) groups excluding carboxylic acids is 9. The van der Waals surface area contributed by atoms with E-state index in [2.05, 4.69) is 52.5 Å². The first kappa shape index (κ1) is 79.0. The highest BCUT2D eigenvalue weighted by Crippen LogP contribution is 2.13. The smallest absolute Gasteiger partial charge is 0.326 e. The van der Waals surface area contributed by atoms with Crippen LogP contribution in [0.25, 0.3) is 0 Å². The number of carboxylic acids is 1. The lowest BCUT2D eigenvalue weighted by atomic mass is 10.0. The van der Waals surface area contributed by atoms with Crippen molar-refractivity contribution in [2.75, 3.05) is 52.4 Å². The SMILES string of the molecule is NCCCC[C@H](NC(=O)[C@H](CCCN=C(N)N)NC(=O)[C@H](CCCCN)NC(=O)[C@H](CCCCN)NC(=O)[C@H](CCC(N)=O)NC(=O)[C@H](CCCCN)NC(=O)[C@H](CCCN=C(N)N)NC(=O)[C@H](CCCCN)NC(=O)[C@@H](N)CCCCN)C(=O)O. The summed E-state index contributed by atoms with van der Waals surface area (Å²) in [5.41, 5.74) is 68.0. The Kier molecular flexibility index (Phi) is 44.2. The van der Waals surface area contributed by atoms with Gasteiger partial charge in [-0.25, -0.2) is 4.79 Å². The van der Waals surface area contributed by atoms with E-state index in [9.17, 15) is 53.1 Å². The monoisotopic (exact) mass is 1230 g/mol. The molecule has 86 heavy (non-hydrogen) atoms. The molecule has 0 aliphatic heterocycles. The summed E-state index contributed by atoms with van der Waals surface area (Å²) in [6, 6.07) is -11.7. The maximum absolute atomic E-state index is 14.4. The fraction of sp³-hybridized carbons (Fsp3) is 0.774. The molecule has 33 nitrogen and oxygen atoms in total. The number of aliphatic imine (C=N–C) groups is 2. The molecule has 0 aliphatic carbocycles. The Morgan fingerprint density at radius 2 is 0.523 bits per heavy atom. The lowest BCUT2D eigenvalue weighted by Crippen LogP contribution is -2.60. The highest BCUT2D eigenvalue weighted by Gasteiger charge is 2.35. The minimum absolute atomic E-state index is 0.00337. The molecule has 0 spiro atoms. The normalized spacial score (nSPS) is 14.2. The van der Waals surface area contributed by atoms with Crippen LogP contribution in [0, 0.1) is 0 Å². The summed E-state index contributed by atoms with van der Waals surface area (Å²) in [4.78, 5) is 145.